The maximum absolute atomic E-state index is 14.0. The van der Waals surface area contributed by atoms with E-state index in [2.05, 4.69) is 57.1 Å². The first kappa shape index (κ1) is 30.2. The number of anilines is 1. The highest BCUT2D eigenvalue weighted by Gasteiger charge is 2.32. The van der Waals surface area contributed by atoms with E-state index in [9.17, 15) is 9.59 Å². The predicted molar refractivity (Wildman–Crippen MR) is 184 cm³/mol. The number of benzene rings is 3. The molecule has 0 saturated carbocycles. The molecule has 0 aliphatic carbocycles. The SMILES string of the molecule is C=CCOc1c(I)cc(/C=c2\sc3n(c2=O)[C@@H](c2ccc(OCC)cc2)C(C(=O)Nc2ccccc2)=C(C)N=3)cc1I. The third kappa shape index (κ3) is 6.40. The summed E-state index contributed by atoms with van der Waals surface area (Å²) in [4.78, 5) is 33.1. The van der Waals surface area contributed by atoms with E-state index < -0.39 is 6.04 Å². The molecule has 1 amide bonds. The summed E-state index contributed by atoms with van der Waals surface area (Å²) >= 11 is 5.78. The molecule has 0 fully saturated rings. The van der Waals surface area contributed by atoms with Gasteiger partial charge in [-0.1, -0.05) is 54.3 Å². The Morgan fingerprint density at radius 1 is 1.10 bits per heavy atom. The topological polar surface area (TPSA) is 81.9 Å². The minimum Gasteiger partial charge on any atom is -0.494 e. The fourth-order valence-corrected chi connectivity index (χ4v) is 7.83. The largest absolute Gasteiger partial charge is 0.494 e. The van der Waals surface area contributed by atoms with Gasteiger partial charge in [0.2, 0.25) is 0 Å². The van der Waals surface area contributed by atoms with E-state index >= 15 is 0 Å². The number of halogens is 2. The van der Waals surface area contributed by atoms with Gasteiger partial charge in [0, 0.05) is 5.69 Å². The Kier molecular flexibility index (Phi) is 9.63. The molecule has 7 nitrogen and oxygen atoms in total. The molecule has 5 rings (SSSR count). The Morgan fingerprint density at radius 3 is 2.43 bits per heavy atom. The van der Waals surface area contributed by atoms with Crippen molar-refractivity contribution < 1.29 is 14.3 Å². The molecule has 0 bridgehead atoms. The number of nitrogens with zero attached hydrogens (tertiary/aromatic N) is 2. The zero-order valence-electron chi connectivity index (χ0n) is 22.9. The third-order valence-electron chi connectivity index (χ3n) is 6.47. The summed E-state index contributed by atoms with van der Waals surface area (Å²) in [5, 5.41) is 2.98. The minimum atomic E-state index is -0.669. The summed E-state index contributed by atoms with van der Waals surface area (Å²) in [7, 11) is 0. The van der Waals surface area contributed by atoms with Crippen LogP contribution in [0.25, 0.3) is 6.08 Å². The van der Waals surface area contributed by atoms with E-state index in [1.54, 1.807) is 10.6 Å². The number of amides is 1. The number of carbonyl (C=O) groups excluding carboxylic acids is 1. The maximum atomic E-state index is 14.0. The number of para-hydroxylation sites is 1. The van der Waals surface area contributed by atoms with E-state index in [1.807, 2.05) is 86.7 Å². The van der Waals surface area contributed by atoms with Crippen LogP contribution in [0, 0.1) is 7.14 Å². The molecule has 0 saturated heterocycles. The second-order valence-corrected chi connectivity index (χ2v) is 12.7. The van der Waals surface area contributed by atoms with Crippen molar-refractivity contribution in [3.05, 3.63) is 129 Å². The second kappa shape index (κ2) is 13.4. The summed E-state index contributed by atoms with van der Waals surface area (Å²) in [6, 6.07) is 20.1. The smallest absolute Gasteiger partial charge is 0.271 e. The lowest BCUT2D eigenvalue weighted by molar-refractivity contribution is -0.113. The highest BCUT2D eigenvalue weighted by molar-refractivity contribution is 14.1. The van der Waals surface area contributed by atoms with Crippen LogP contribution in [0.2, 0.25) is 0 Å². The average Bonchev–Trinajstić information content (AvgIpc) is 3.27. The minimum absolute atomic E-state index is 0.216. The summed E-state index contributed by atoms with van der Waals surface area (Å²) in [5.41, 5.74) is 3.07. The number of ether oxygens (including phenoxy) is 2. The molecule has 1 aliphatic heterocycles. The van der Waals surface area contributed by atoms with E-state index in [0.29, 0.717) is 39.5 Å². The van der Waals surface area contributed by atoms with Crippen LogP contribution in [0.15, 0.2) is 100 Å². The van der Waals surface area contributed by atoms with Crippen molar-refractivity contribution in [2.45, 2.75) is 19.9 Å². The van der Waals surface area contributed by atoms with Gasteiger partial charge < -0.3 is 14.8 Å². The van der Waals surface area contributed by atoms with Crippen LogP contribution in [-0.2, 0) is 4.79 Å². The van der Waals surface area contributed by atoms with Gasteiger partial charge in [-0.15, -0.1) is 0 Å². The van der Waals surface area contributed by atoms with Gasteiger partial charge >= 0.3 is 0 Å². The number of carbonyl (C=O) groups is 1. The Bertz CT molecular complexity index is 1840. The number of aromatic nitrogens is 1. The van der Waals surface area contributed by atoms with Crippen molar-refractivity contribution in [2.75, 3.05) is 18.5 Å². The number of hydrogen-bond acceptors (Lipinski definition) is 6. The molecule has 1 aliphatic rings. The second-order valence-electron chi connectivity index (χ2n) is 9.32. The van der Waals surface area contributed by atoms with Gasteiger partial charge in [-0.05, 0) is 113 Å². The monoisotopic (exact) mass is 803 g/mol. The van der Waals surface area contributed by atoms with Crippen LogP contribution in [-0.4, -0.2) is 23.7 Å². The molecule has 1 N–H and O–H groups in total. The van der Waals surface area contributed by atoms with Crippen LogP contribution in [0.1, 0.15) is 31.0 Å². The Hall–Kier alpha value is -3.23. The average molecular weight is 803 g/mol. The molecular weight excluding hydrogens is 776 g/mol. The van der Waals surface area contributed by atoms with Crippen LogP contribution in [0.4, 0.5) is 5.69 Å². The first-order chi connectivity index (χ1) is 20.3. The molecule has 0 spiro atoms. The van der Waals surface area contributed by atoms with Crippen molar-refractivity contribution in [3.63, 3.8) is 0 Å². The summed E-state index contributed by atoms with van der Waals surface area (Å²) in [5.74, 6) is 1.19. The molecule has 0 radical (unpaired) electrons. The molecule has 0 unspecified atom stereocenters. The predicted octanol–water partition coefficient (Wildman–Crippen LogP) is 6.05. The summed E-state index contributed by atoms with van der Waals surface area (Å²) in [6.07, 6.45) is 3.57. The van der Waals surface area contributed by atoms with E-state index in [0.717, 1.165) is 29.8 Å². The summed E-state index contributed by atoms with van der Waals surface area (Å²) in [6.45, 7) is 8.40. The van der Waals surface area contributed by atoms with Crippen molar-refractivity contribution >= 4 is 74.2 Å². The molecule has 42 heavy (non-hydrogen) atoms. The van der Waals surface area contributed by atoms with Crippen molar-refractivity contribution in [1.29, 1.82) is 0 Å². The standard InChI is InChI=1S/C32H27I2N3O4S/c1-4-15-41-29-24(33)16-20(17-25(29)34)18-26-31(39)37-28(21-11-13-23(14-12-21)40-5-2)27(19(3)35-32(37)42-26)30(38)36-22-9-7-6-8-10-22/h4,6-14,16-18,28H,1,5,15H2,2-3H3,(H,36,38)/b26-18-/t28-/m0/s1. The molecule has 10 heteroatoms. The van der Waals surface area contributed by atoms with Gasteiger partial charge in [0.1, 0.15) is 18.1 Å². The van der Waals surface area contributed by atoms with Crippen molar-refractivity contribution in [1.82, 2.24) is 4.57 Å². The molecule has 1 aromatic heterocycles. The van der Waals surface area contributed by atoms with Gasteiger partial charge in [0.15, 0.2) is 4.80 Å². The van der Waals surface area contributed by atoms with Crippen LogP contribution in [0.5, 0.6) is 11.5 Å². The summed E-state index contributed by atoms with van der Waals surface area (Å²) < 4.78 is 15.5. The molecular formula is C32H27I2N3O4S. The number of fused-ring (bicyclic) bond motifs is 1. The highest BCUT2D eigenvalue weighted by Crippen LogP contribution is 2.32. The molecule has 3 aromatic carbocycles. The van der Waals surface area contributed by atoms with E-state index in [-0.39, 0.29) is 11.5 Å². The van der Waals surface area contributed by atoms with E-state index in [1.165, 1.54) is 11.3 Å². The quantitative estimate of drug-likeness (QED) is 0.165. The molecule has 1 atom stereocenters. The van der Waals surface area contributed by atoms with Crippen molar-refractivity contribution in [2.24, 2.45) is 4.99 Å². The number of nitrogens with one attached hydrogen (secondary N) is 1. The van der Waals surface area contributed by atoms with E-state index in [4.69, 9.17) is 14.5 Å². The maximum Gasteiger partial charge on any atom is 0.271 e. The number of hydrogen-bond donors (Lipinski definition) is 1. The zero-order valence-corrected chi connectivity index (χ0v) is 28.0. The molecule has 214 valence electrons. The van der Waals surface area contributed by atoms with Gasteiger partial charge in [-0.25, -0.2) is 4.99 Å². The highest BCUT2D eigenvalue weighted by atomic mass is 127. The zero-order chi connectivity index (χ0) is 29.8. The van der Waals surface area contributed by atoms with Crippen LogP contribution >= 0.6 is 56.5 Å². The number of rotatable bonds is 9. The first-order valence-corrected chi connectivity index (χ1v) is 16.1. The van der Waals surface area contributed by atoms with Gasteiger partial charge in [0.25, 0.3) is 11.5 Å². The van der Waals surface area contributed by atoms with Gasteiger partial charge in [-0.3, -0.25) is 14.2 Å². The first-order valence-electron chi connectivity index (χ1n) is 13.1. The molecule has 4 aromatic rings. The Labute approximate surface area is 274 Å². The van der Waals surface area contributed by atoms with Gasteiger partial charge in [0.05, 0.1) is 35.6 Å². The van der Waals surface area contributed by atoms with Crippen LogP contribution < -0.4 is 29.7 Å². The lowest BCUT2D eigenvalue weighted by Crippen LogP contribution is -2.40. The third-order valence-corrected chi connectivity index (χ3v) is 9.05. The lowest BCUT2D eigenvalue weighted by atomic mass is 9.95. The van der Waals surface area contributed by atoms with Gasteiger partial charge in [-0.2, -0.15) is 0 Å². The van der Waals surface area contributed by atoms with Crippen LogP contribution in [0.3, 0.4) is 0 Å². The Balaban J connectivity index is 1.63. The Morgan fingerprint density at radius 2 is 1.79 bits per heavy atom. The molecule has 2 heterocycles. The normalized spacial score (nSPS) is 14.7. The number of allylic oxidation sites excluding steroid dienone is 1. The number of thiazole rings is 1. The fourth-order valence-electron chi connectivity index (χ4n) is 4.65. The lowest BCUT2D eigenvalue weighted by Gasteiger charge is -2.25. The fraction of sp³-hybridized carbons (Fsp3) is 0.156. The van der Waals surface area contributed by atoms with Crippen molar-refractivity contribution in [3.8, 4) is 11.5 Å².